The van der Waals surface area contributed by atoms with Gasteiger partial charge in [0, 0.05) is 24.9 Å². The first-order valence-corrected chi connectivity index (χ1v) is 7.82. The van der Waals surface area contributed by atoms with E-state index < -0.39 is 12.1 Å². The summed E-state index contributed by atoms with van der Waals surface area (Å²) in [4.78, 5) is 13.9. The Bertz CT molecular complexity index is 549. The fraction of sp³-hybridized carbons (Fsp3) is 0.444. The van der Waals surface area contributed by atoms with E-state index in [0.29, 0.717) is 0 Å². The van der Waals surface area contributed by atoms with Crippen molar-refractivity contribution in [1.82, 2.24) is 0 Å². The normalized spacial score (nSPS) is 16.8. The van der Waals surface area contributed by atoms with Crippen molar-refractivity contribution in [3.05, 3.63) is 35.9 Å². The highest BCUT2D eigenvalue weighted by molar-refractivity contribution is 5.87. The summed E-state index contributed by atoms with van der Waals surface area (Å²) < 4.78 is 4.86. The summed E-state index contributed by atoms with van der Waals surface area (Å²) in [7, 11) is 0. The number of hydrogen-bond acceptors (Lipinski definition) is 4. The summed E-state index contributed by atoms with van der Waals surface area (Å²) in [5, 5.41) is 8.59. The van der Waals surface area contributed by atoms with Crippen LogP contribution in [0.1, 0.15) is 38.2 Å². The molecule has 4 nitrogen and oxygen atoms in total. The molecule has 1 heterocycles. The first kappa shape index (κ1) is 16.1. The molecule has 0 bridgehead atoms. The van der Waals surface area contributed by atoms with Gasteiger partial charge < -0.3 is 9.64 Å². The fourth-order valence-electron chi connectivity index (χ4n) is 2.53. The molecular weight excluding hydrogens is 276 g/mol. The molecule has 1 aliphatic rings. The second-order valence-corrected chi connectivity index (χ2v) is 5.53. The Morgan fingerprint density at radius 2 is 1.86 bits per heavy atom. The van der Waals surface area contributed by atoms with E-state index in [-0.39, 0.29) is 0 Å². The molecule has 1 saturated heterocycles. The SMILES string of the molecule is C[C@H](C#N)OC(=O)/C=C/c1ccc(N2CCCCCC2)cc1. The molecule has 1 aliphatic heterocycles. The minimum Gasteiger partial charge on any atom is -0.444 e. The van der Waals surface area contributed by atoms with Crippen LogP contribution < -0.4 is 4.90 Å². The van der Waals surface area contributed by atoms with E-state index in [1.165, 1.54) is 37.4 Å². The van der Waals surface area contributed by atoms with Crippen molar-refractivity contribution in [2.45, 2.75) is 38.7 Å². The van der Waals surface area contributed by atoms with Crippen LogP contribution in [0.2, 0.25) is 0 Å². The minimum atomic E-state index is -0.720. The number of ether oxygens (including phenoxy) is 1. The number of esters is 1. The van der Waals surface area contributed by atoms with Crippen molar-refractivity contribution in [3.8, 4) is 6.07 Å². The van der Waals surface area contributed by atoms with Gasteiger partial charge in [-0.05, 0) is 43.5 Å². The van der Waals surface area contributed by atoms with Crippen LogP contribution in [-0.2, 0) is 9.53 Å². The molecule has 0 saturated carbocycles. The summed E-state index contributed by atoms with van der Waals surface area (Å²) >= 11 is 0. The van der Waals surface area contributed by atoms with Gasteiger partial charge in [-0.25, -0.2) is 4.79 Å². The molecule has 1 fully saturated rings. The van der Waals surface area contributed by atoms with Crippen molar-refractivity contribution >= 4 is 17.7 Å². The van der Waals surface area contributed by atoms with Crippen LogP contribution in [0.3, 0.4) is 0 Å². The molecular formula is C18H22N2O2. The maximum Gasteiger partial charge on any atom is 0.332 e. The third-order valence-electron chi connectivity index (χ3n) is 3.75. The maximum absolute atomic E-state index is 11.5. The van der Waals surface area contributed by atoms with E-state index in [1.807, 2.05) is 18.2 Å². The van der Waals surface area contributed by atoms with E-state index in [1.54, 1.807) is 13.0 Å². The van der Waals surface area contributed by atoms with Gasteiger partial charge in [0.05, 0.1) is 0 Å². The van der Waals surface area contributed by atoms with Gasteiger partial charge in [0.1, 0.15) is 6.07 Å². The first-order valence-electron chi connectivity index (χ1n) is 7.82. The molecule has 2 rings (SSSR count). The van der Waals surface area contributed by atoms with E-state index in [4.69, 9.17) is 10.00 Å². The minimum absolute atomic E-state index is 0.495. The van der Waals surface area contributed by atoms with Crippen molar-refractivity contribution < 1.29 is 9.53 Å². The van der Waals surface area contributed by atoms with Crippen LogP contribution in [0.25, 0.3) is 6.08 Å². The lowest BCUT2D eigenvalue weighted by molar-refractivity contribution is -0.139. The standard InChI is InChI=1S/C18H22N2O2/c1-15(14-19)22-18(21)11-8-16-6-9-17(10-7-16)20-12-4-2-3-5-13-20/h6-11,15H,2-5,12-13H2,1H3/b11-8+/t15-/m1/s1. The van der Waals surface area contributed by atoms with Crippen molar-refractivity contribution in [3.63, 3.8) is 0 Å². The molecule has 0 aromatic heterocycles. The highest BCUT2D eigenvalue weighted by atomic mass is 16.5. The number of nitrogens with zero attached hydrogens (tertiary/aromatic N) is 2. The molecule has 0 unspecified atom stereocenters. The number of anilines is 1. The van der Waals surface area contributed by atoms with E-state index in [9.17, 15) is 4.79 Å². The Morgan fingerprint density at radius 1 is 1.23 bits per heavy atom. The molecule has 0 amide bonds. The van der Waals surface area contributed by atoms with Gasteiger partial charge in [0.2, 0.25) is 0 Å². The molecule has 116 valence electrons. The number of benzene rings is 1. The number of hydrogen-bond donors (Lipinski definition) is 0. The molecule has 0 N–H and O–H groups in total. The van der Waals surface area contributed by atoms with Crippen molar-refractivity contribution in [2.24, 2.45) is 0 Å². The molecule has 1 atom stereocenters. The Kier molecular flexibility index (Phi) is 6.02. The Balaban J connectivity index is 1.94. The second kappa shape index (κ2) is 8.23. The predicted molar refractivity (Wildman–Crippen MR) is 87.3 cm³/mol. The summed E-state index contributed by atoms with van der Waals surface area (Å²) in [6.07, 6.45) is 7.49. The zero-order valence-corrected chi connectivity index (χ0v) is 13.0. The van der Waals surface area contributed by atoms with Gasteiger partial charge in [-0.3, -0.25) is 0 Å². The monoisotopic (exact) mass is 298 g/mol. The highest BCUT2D eigenvalue weighted by Crippen LogP contribution is 2.20. The van der Waals surface area contributed by atoms with Crippen molar-refractivity contribution in [2.75, 3.05) is 18.0 Å². The van der Waals surface area contributed by atoms with Crippen LogP contribution >= 0.6 is 0 Å². The van der Waals surface area contributed by atoms with Crippen LogP contribution in [0.5, 0.6) is 0 Å². The smallest absolute Gasteiger partial charge is 0.332 e. The van der Waals surface area contributed by atoms with Gasteiger partial charge in [-0.15, -0.1) is 0 Å². The largest absolute Gasteiger partial charge is 0.444 e. The third kappa shape index (κ3) is 4.92. The molecule has 4 heteroatoms. The first-order chi connectivity index (χ1) is 10.7. The molecule has 22 heavy (non-hydrogen) atoms. The maximum atomic E-state index is 11.5. The Hall–Kier alpha value is -2.28. The lowest BCUT2D eigenvalue weighted by atomic mass is 10.1. The van der Waals surface area contributed by atoms with E-state index >= 15 is 0 Å². The lowest BCUT2D eigenvalue weighted by Gasteiger charge is -2.22. The number of rotatable bonds is 4. The van der Waals surface area contributed by atoms with Gasteiger partial charge in [-0.2, -0.15) is 5.26 Å². The molecule has 0 aliphatic carbocycles. The van der Waals surface area contributed by atoms with E-state index in [0.717, 1.165) is 18.7 Å². The topological polar surface area (TPSA) is 53.3 Å². The zero-order valence-electron chi connectivity index (χ0n) is 13.0. The third-order valence-corrected chi connectivity index (χ3v) is 3.75. The van der Waals surface area contributed by atoms with Crippen LogP contribution in [0.4, 0.5) is 5.69 Å². The lowest BCUT2D eigenvalue weighted by Crippen LogP contribution is -2.23. The Morgan fingerprint density at radius 3 is 2.45 bits per heavy atom. The van der Waals surface area contributed by atoms with E-state index in [2.05, 4.69) is 17.0 Å². The average molecular weight is 298 g/mol. The second-order valence-electron chi connectivity index (χ2n) is 5.53. The van der Waals surface area contributed by atoms with Crippen molar-refractivity contribution in [1.29, 1.82) is 5.26 Å². The average Bonchev–Trinajstić information content (AvgIpc) is 2.82. The molecule has 0 spiro atoms. The number of carbonyl (C=O) groups excluding carboxylic acids is 1. The van der Waals surface area contributed by atoms with Gasteiger partial charge in [0.25, 0.3) is 0 Å². The van der Waals surface area contributed by atoms with Crippen LogP contribution in [0.15, 0.2) is 30.3 Å². The fourth-order valence-corrected chi connectivity index (χ4v) is 2.53. The highest BCUT2D eigenvalue weighted by Gasteiger charge is 2.09. The molecule has 1 aromatic rings. The number of nitriles is 1. The molecule has 0 radical (unpaired) electrons. The summed E-state index contributed by atoms with van der Waals surface area (Å²) in [6, 6.07) is 10.0. The van der Waals surface area contributed by atoms with Gasteiger partial charge in [-0.1, -0.05) is 25.0 Å². The summed E-state index contributed by atoms with van der Waals surface area (Å²) in [5.74, 6) is -0.495. The molecule has 1 aromatic carbocycles. The summed E-state index contributed by atoms with van der Waals surface area (Å²) in [5.41, 5.74) is 2.18. The zero-order chi connectivity index (χ0) is 15.8. The van der Waals surface area contributed by atoms with Gasteiger partial charge in [0.15, 0.2) is 6.10 Å². The van der Waals surface area contributed by atoms with Crippen LogP contribution in [0, 0.1) is 11.3 Å². The van der Waals surface area contributed by atoms with Gasteiger partial charge >= 0.3 is 5.97 Å². The summed E-state index contributed by atoms with van der Waals surface area (Å²) in [6.45, 7) is 3.78. The van der Waals surface area contributed by atoms with Crippen LogP contribution in [-0.4, -0.2) is 25.2 Å². The number of carbonyl (C=O) groups is 1. The predicted octanol–water partition coefficient (Wildman–Crippen LogP) is 3.54. The quantitative estimate of drug-likeness (QED) is 0.630. The Labute approximate surface area is 132 Å².